The fraction of sp³-hybridized carbons (Fsp3) is 0.125. The second-order valence-electron chi connectivity index (χ2n) is 2.27. The molecule has 0 saturated carbocycles. The van der Waals surface area contributed by atoms with Crippen LogP contribution in [0.15, 0.2) is 21.5 Å². The first-order valence-electron chi connectivity index (χ1n) is 3.26. The van der Waals surface area contributed by atoms with Crippen LogP contribution in [0.1, 0.15) is 11.8 Å². The fourth-order valence-electron chi connectivity index (χ4n) is 0.681. The van der Waals surface area contributed by atoms with E-state index in [0.29, 0.717) is 5.57 Å². The van der Waals surface area contributed by atoms with E-state index < -0.39 is 5.97 Å². The molecule has 0 aliphatic rings. The smallest absolute Gasteiger partial charge is 0.331 e. The van der Waals surface area contributed by atoms with E-state index in [1.165, 1.54) is 11.3 Å². The standard InChI is InChI=1S/C8H7BrO2S/c1-5(8(10)11)4-6-2-3-7(9)12-6/h2-4H,1H3,(H,10,11)/b5-4-. The quantitative estimate of drug-likeness (QED) is 0.815. The van der Waals surface area contributed by atoms with Gasteiger partial charge in [0.15, 0.2) is 0 Å². The highest BCUT2D eigenvalue weighted by molar-refractivity contribution is 9.11. The van der Waals surface area contributed by atoms with Gasteiger partial charge in [0.25, 0.3) is 0 Å². The summed E-state index contributed by atoms with van der Waals surface area (Å²) in [6.07, 6.45) is 1.65. The summed E-state index contributed by atoms with van der Waals surface area (Å²) in [5.41, 5.74) is 0.351. The summed E-state index contributed by atoms with van der Waals surface area (Å²) >= 11 is 4.81. The Morgan fingerprint density at radius 2 is 2.33 bits per heavy atom. The van der Waals surface area contributed by atoms with Crippen molar-refractivity contribution in [2.75, 3.05) is 0 Å². The topological polar surface area (TPSA) is 37.3 Å². The second kappa shape index (κ2) is 3.87. The fourth-order valence-corrected chi connectivity index (χ4v) is 2.11. The van der Waals surface area contributed by atoms with E-state index in [0.717, 1.165) is 8.66 Å². The number of carboxylic acids is 1. The van der Waals surface area contributed by atoms with E-state index in [1.54, 1.807) is 13.0 Å². The number of hydrogen-bond donors (Lipinski definition) is 1. The first kappa shape index (κ1) is 9.48. The molecule has 12 heavy (non-hydrogen) atoms. The van der Waals surface area contributed by atoms with Gasteiger partial charge >= 0.3 is 5.97 Å². The van der Waals surface area contributed by atoms with Crippen molar-refractivity contribution in [1.82, 2.24) is 0 Å². The number of hydrogen-bond acceptors (Lipinski definition) is 2. The van der Waals surface area contributed by atoms with Gasteiger partial charge in [-0.25, -0.2) is 4.79 Å². The Labute approximate surface area is 82.7 Å². The normalized spacial score (nSPS) is 11.7. The molecule has 64 valence electrons. The van der Waals surface area contributed by atoms with Crippen LogP contribution in [0.5, 0.6) is 0 Å². The zero-order valence-electron chi connectivity index (χ0n) is 6.37. The minimum Gasteiger partial charge on any atom is -0.478 e. The van der Waals surface area contributed by atoms with Gasteiger partial charge in [-0.1, -0.05) is 0 Å². The molecule has 0 amide bonds. The van der Waals surface area contributed by atoms with Crippen LogP contribution < -0.4 is 0 Å². The highest BCUT2D eigenvalue weighted by Gasteiger charge is 2.00. The average Bonchev–Trinajstić information content (AvgIpc) is 2.35. The van der Waals surface area contributed by atoms with Gasteiger partial charge < -0.3 is 5.11 Å². The van der Waals surface area contributed by atoms with Gasteiger partial charge in [0, 0.05) is 10.5 Å². The third-order valence-corrected chi connectivity index (χ3v) is 2.86. The lowest BCUT2D eigenvalue weighted by molar-refractivity contribution is -0.132. The summed E-state index contributed by atoms with van der Waals surface area (Å²) in [7, 11) is 0. The molecule has 0 bridgehead atoms. The average molecular weight is 247 g/mol. The van der Waals surface area contributed by atoms with Crippen molar-refractivity contribution < 1.29 is 9.90 Å². The Bertz CT molecular complexity index is 328. The first-order chi connectivity index (χ1) is 5.59. The molecule has 0 radical (unpaired) electrons. The predicted octanol–water partition coefficient (Wildman–Crippen LogP) is 3.00. The van der Waals surface area contributed by atoms with E-state index in [9.17, 15) is 4.79 Å². The van der Waals surface area contributed by atoms with Crippen LogP contribution in [0.2, 0.25) is 0 Å². The Kier molecular flexibility index (Phi) is 3.05. The molecular formula is C8H7BrO2S. The van der Waals surface area contributed by atoms with Gasteiger partial charge in [-0.15, -0.1) is 11.3 Å². The SMILES string of the molecule is C/C(=C/c1ccc(Br)s1)C(=O)O. The summed E-state index contributed by atoms with van der Waals surface area (Å²) in [5, 5.41) is 8.57. The maximum Gasteiger partial charge on any atom is 0.331 e. The zero-order chi connectivity index (χ0) is 9.14. The maximum absolute atomic E-state index is 10.4. The molecule has 1 aromatic heterocycles. The van der Waals surface area contributed by atoms with E-state index in [4.69, 9.17) is 5.11 Å². The minimum absolute atomic E-state index is 0.351. The van der Waals surface area contributed by atoms with Crippen molar-refractivity contribution in [2.45, 2.75) is 6.92 Å². The number of halogens is 1. The molecule has 0 aliphatic carbocycles. The molecule has 1 aromatic rings. The number of carboxylic acid groups (broad SMARTS) is 1. The highest BCUT2D eigenvalue weighted by Crippen LogP contribution is 2.23. The molecule has 0 spiro atoms. The summed E-state index contributed by atoms with van der Waals surface area (Å²) in [5.74, 6) is -0.875. The molecule has 1 N–H and O–H groups in total. The van der Waals surface area contributed by atoms with Crippen molar-refractivity contribution >= 4 is 39.3 Å². The van der Waals surface area contributed by atoms with Gasteiger partial charge in [0.2, 0.25) is 0 Å². The number of rotatable bonds is 2. The van der Waals surface area contributed by atoms with E-state index in [2.05, 4.69) is 15.9 Å². The Morgan fingerprint density at radius 1 is 1.67 bits per heavy atom. The lowest BCUT2D eigenvalue weighted by Gasteiger charge is -1.89. The molecule has 0 unspecified atom stereocenters. The molecule has 0 aromatic carbocycles. The van der Waals surface area contributed by atoms with Crippen LogP contribution in [0, 0.1) is 0 Å². The van der Waals surface area contributed by atoms with Crippen molar-refractivity contribution in [2.24, 2.45) is 0 Å². The van der Waals surface area contributed by atoms with Gasteiger partial charge in [0.05, 0.1) is 3.79 Å². The van der Waals surface area contributed by atoms with Crippen molar-refractivity contribution in [3.05, 3.63) is 26.4 Å². The summed E-state index contributed by atoms with van der Waals surface area (Å²) < 4.78 is 1.01. The van der Waals surface area contributed by atoms with Crippen LogP contribution in [0.25, 0.3) is 6.08 Å². The molecule has 0 saturated heterocycles. The van der Waals surface area contributed by atoms with Crippen molar-refractivity contribution in [3.63, 3.8) is 0 Å². The molecule has 1 rings (SSSR count). The van der Waals surface area contributed by atoms with Crippen molar-refractivity contribution in [3.8, 4) is 0 Å². The minimum atomic E-state index is -0.875. The lowest BCUT2D eigenvalue weighted by atomic mass is 10.2. The Morgan fingerprint density at radius 3 is 2.75 bits per heavy atom. The van der Waals surface area contributed by atoms with Crippen LogP contribution >= 0.6 is 27.3 Å². The zero-order valence-corrected chi connectivity index (χ0v) is 8.78. The van der Waals surface area contributed by atoms with Crippen LogP contribution in [0.3, 0.4) is 0 Å². The van der Waals surface area contributed by atoms with Gasteiger partial charge in [-0.2, -0.15) is 0 Å². The van der Waals surface area contributed by atoms with Gasteiger partial charge in [-0.05, 0) is 41.1 Å². The van der Waals surface area contributed by atoms with Crippen LogP contribution in [-0.2, 0) is 4.79 Å². The summed E-state index contributed by atoms with van der Waals surface area (Å²) in [4.78, 5) is 11.4. The largest absolute Gasteiger partial charge is 0.478 e. The third-order valence-electron chi connectivity index (χ3n) is 1.29. The first-order valence-corrected chi connectivity index (χ1v) is 4.87. The Balaban J connectivity index is 2.87. The summed E-state index contributed by atoms with van der Waals surface area (Å²) in [6, 6.07) is 3.77. The monoisotopic (exact) mass is 246 g/mol. The summed E-state index contributed by atoms with van der Waals surface area (Å²) in [6.45, 7) is 1.58. The molecule has 1 heterocycles. The highest BCUT2D eigenvalue weighted by atomic mass is 79.9. The van der Waals surface area contributed by atoms with Crippen molar-refractivity contribution in [1.29, 1.82) is 0 Å². The maximum atomic E-state index is 10.4. The number of aliphatic carboxylic acids is 1. The van der Waals surface area contributed by atoms with E-state index in [1.807, 2.05) is 12.1 Å². The molecular weight excluding hydrogens is 240 g/mol. The second-order valence-corrected chi connectivity index (χ2v) is 4.77. The van der Waals surface area contributed by atoms with E-state index in [-0.39, 0.29) is 0 Å². The Hall–Kier alpha value is -0.610. The third kappa shape index (κ3) is 2.46. The van der Waals surface area contributed by atoms with Crippen LogP contribution in [0.4, 0.5) is 0 Å². The van der Waals surface area contributed by atoms with Gasteiger partial charge in [-0.3, -0.25) is 0 Å². The predicted molar refractivity (Wildman–Crippen MR) is 53.3 cm³/mol. The molecule has 0 fully saturated rings. The number of carbonyl (C=O) groups is 1. The van der Waals surface area contributed by atoms with Crippen LogP contribution in [-0.4, -0.2) is 11.1 Å². The molecule has 4 heteroatoms. The molecule has 0 aliphatic heterocycles. The lowest BCUT2D eigenvalue weighted by Crippen LogP contribution is -1.94. The van der Waals surface area contributed by atoms with Gasteiger partial charge in [0.1, 0.15) is 0 Å². The number of thiophene rings is 1. The molecule has 0 atom stereocenters. The van der Waals surface area contributed by atoms with E-state index >= 15 is 0 Å². The molecule has 2 nitrogen and oxygen atoms in total.